The maximum atomic E-state index is 12.5. The van der Waals surface area contributed by atoms with Crippen molar-refractivity contribution in [2.45, 2.75) is 69.5 Å². The number of nitrogens with one attached hydrogen (secondary N) is 1. The molecule has 188 valence electrons. The van der Waals surface area contributed by atoms with Crippen LogP contribution < -0.4 is 10.1 Å². The van der Waals surface area contributed by atoms with Gasteiger partial charge in [-0.25, -0.2) is 0 Å². The van der Waals surface area contributed by atoms with Crippen LogP contribution in [-0.4, -0.2) is 43.2 Å². The van der Waals surface area contributed by atoms with Crippen molar-refractivity contribution in [2.75, 3.05) is 17.7 Å². The Kier molecular flexibility index (Phi) is 9.65. The van der Waals surface area contributed by atoms with Gasteiger partial charge in [0.15, 0.2) is 5.16 Å². The number of halogens is 2. The van der Waals surface area contributed by atoms with Crippen LogP contribution in [0.5, 0.6) is 5.75 Å². The van der Waals surface area contributed by atoms with Crippen molar-refractivity contribution < 1.29 is 9.53 Å². The number of amides is 1. The molecule has 3 aromatic rings. The number of hydrogen-bond donors (Lipinski definition) is 1. The van der Waals surface area contributed by atoms with Crippen LogP contribution in [0, 0.1) is 0 Å². The number of aromatic nitrogens is 5. The molecule has 1 N–H and O–H groups in total. The predicted molar refractivity (Wildman–Crippen MR) is 141 cm³/mol. The zero-order valence-electron chi connectivity index (χ0n) is 19.5. The molecule has 1 fully saturated rings. The second kappa shape index (κ2) is 12.9. The van der Waals surface area contributed by atoms with Gasteiger partial charge in [0, 0.05) is 23.9 Å². The van der Waals surface area contributed by atoms with E-state index < -0.39 is 0 Å². The number of aryl methyl sites for hydroxylation is 1. The molecule has 35 heavy (non-hydrogen) atoms. The molecule has 0 bridgehead atoms. The molecule has 0 saturated heterocycles. The smallest absolute Gasteiger partial charge is 0.236 e. The van der Waals surface area contributed by atoms with Gasteiger partial charge in [-0.15, -0.1) is 20.4 Å². The maximum Gasteiger partial charge on any atom is 0.236 e. The Morgan fingerprint density at radius 2 is 2.03 bits per heavy atom. The minimum atomic E-state index is -0.123. The second-order valence-electron chi connectivity index (χ2n) is 8.29. The van der Waals surface area contributed by atoms with E-state index >= 15 is 0 Å². The van der Waals surface area contributed by atoms with Gasteiger partial charge in [0.2, 0.25) is 11.0 Å². The van der Waals surface area contributed by atoms with Crippen LogP contribution in [0.4, 0.5) is 5.13 Å². The SMILES string of the molecule is CCn1c(CCCOc2ccc(Cl)cc2Cl)nnc1SCC(=O)Nc1nnc(C2CCCCC2)s1. The summed E-state index contributed by atoms with van der Waals surface area (Å²) in [6.07, 6.45) is 7.56. The number of ether oxygens (including phenoxy) is 1. The number of hydrogen-bond acceptors (Lipinski definition) is 8. The molecule has 0 spiro atoms. The first-order valence-corrected chi connectivity index (χ1v) is 14.3. The first-order chi connectivity index (χ1) is 17.0. The van der Waals surface area contributed by atoms with E-state index in [-0.39, 0.29) is 11.7 Å². The van der Waals surface area contributed by atoms with E-state index in [0.29, 0.717) is 39.9 Å². The molecule has 2 heterocycles. The van der Waals surface area contributed by atoms with Gasteiger partial charge in [-0.3, -0.25) is 10.1 Å². The van der Waals surface area contributed by atoms with Crippen LogP contribution in [0.3, 0.4) is 0 Å². The van der Waals surface area contributed by atoms with Gasteiger partial charge in [-0.2, -0.15) is 0 Å². The summed E-state index contributed by atoms with van der Waals surface area (Å²) in [6, 6.07) is 5.17. The maximum absolute atomic E-state index is 12.5. The molecule has 4 rings (SSSR count). The fourth-order valence-electron chi connectivity index (χ4n) is 4.02. The van der Waals surface area contributed by atoms with E-state index in [2.05, 4.69) is 25.7 Å². The molecule has 1 aliphatic carbocycles. The summed E-state index contributed by atoms with van der Waals surface area (Å²) in [5, 5.41) is 23.3. The third-order valence-corrected chi connectivity index (χ3v) is 8.28. The number of nitrogens with zero attached hydrogens (tertiary/aromatic N) is 5. The summed E-state index contributed by atoms with van der Waals surface area (Å²) in [5.41, 5.74) is 0. The summed E-state index contributed by atoms with van der Waals surface area (Å²) in [6.45, 7) is 3.25. The third kappa shape index (κ3) is 7.31. The average Bonchev–Trinajstić information content (AvgIpc) is 3.48. The standard InChI is InChI=1S/C23H28Cl2N6O2S2/c1-2-31-19(9-6-12-33-18-11-10-16(24)13-17(18)25)27-30-23(31)34-14-20(32)26-22-29-28-21(35-22)15-7-4-3-5-8-15/h10-11,13,15H,2-9,12,14H2,1H3,(H,26,29,32). The van der Waals surface area contributed by atoms with E-state index in [1.54, 1.807) is 18.2 Å². The van der Waals surface area contributed by atoms with Crippen LogP contribution in [-0.2, 0) is 17.8 Å². The Hall–Kier alpha value is -1.88. The Labute approximate surface area is 223 Å². The highest BCUT2D eigenvalue weighted by Crippen LogP contribution is 2.35. The van der Waals surface area contributed by atoms with Crippen molar-refractivity contribution in [3.05, 3.63) is 39.1 Å². The number of carbonyl (C=O) groups excluding carboxylic acids is 1. The lowest BCUT2D eigenvalue weighted by atomic mass is 9.90. The molecular formula is C23H28Cl2N6O2S2. The molecule has 0 atom stereocenters. The van der Waals surface area contributed by atoms with Crippen LogP contribution in [0.1, 0.15) is 62.2 Å². The molecule has 1 aliphatic rings. The molecule has 12 heteroatoms. The molecule has 2 aromatic heterocycles. The quantitative estimate of drug-likeness (QED) is 0.221. The molecule has 1 amide bonds. The normalized spacial score (nSPS) is 14.3. The highest BCUT2D eigenvalue weighted by atomic mass is 35.5. The van der Waals surface area contributed by atoms with Crippen LogP contribution >= 0.6 is 46.3 Å². The van der Waals surface area contributed by atoms with Gasteiger partial charge in [0.25, 0.3) is 0 Å². The van der Waals surface area contributed by atoms with Crippen molar-refractivity contribution in [3.8, 4) is 5.75 Å². The van der Waals surface area contributed by atoms with E-state index in [4.69, 9.17) is 27.9 Å². The summed E-state index contributed by atoms with van der Waals surface area (Å²) in [5.74, 6) is 2.06. The lowest BCUT2D eigenvalue weighted by Crippen LogP contribution is -2.14. The Bertz CT molecular complexity index is 1130. The van der Waals surface area contributed by atoms with Crippen molar-refractivity contribution in [3.63, 3.8) is 0 Å². The van der Waals surface area contributed by atoms with Crippen molar-refractivity contribution in [1.29, 1.82) is 0 Å². The lowest BCUT2D eigenvalue weighted by Gasteiger charge is -2.18. The Morgan fingerprint density at radius 3 is 2.80 bits per heavy atom. The summed E-state index contributed by atoms with van der Waals surface area (Å²) >= 11 is 14.9. The Balaban J connectivity index is 1.23. The van der Waals surface area contributed by atoms with Crippen molar-refractivity contribution in [1.82, 2.24) is 25.0 Å². The zero-order valence-corrected chi connectivity index (χ0v) is 22.7. The van der Waals surface area contributed by atoms with E-state index in [9.17, 15) is 4.79 Å². The minimum Gasteiger partial charge on any atom is -0.492 e. The van der Waals surface area contributed by atoms with Gasteiger partial charge in [-0.05, 0) is 44.4 Å². The largest absolute Gasteiger partial charge is 0.492 e. The number of rotatable bonds is 11. The number of anilines is 1. The molecule has 0 aliphatic heterocycles. The lowest BCUT2D eigenvalue weighted by molar-refractivity contribution is -0.113. The molecule has 1 aromatic carbocycles. The Morgan fingerprint density at radius 1 is 1.20 bits per heavy atom. The van der Waals surface area contributed by atoms with Gasteiger partial charge in [0.05, 0.1) is 17.4 Å². The fourth-order valence-corrected chi connectivity index (χ4v) is 6.23. The van der Waals surface area contributed by atoms with Gasteiger partial charge < -0.3 is 9.30 Å². The van der Waals surface area contributed by atoms with Gasteiger partial charge in [0.1, 0.15) is 16.6 Å². The van der Waals surface area contributed by atoms with E-state index in [1.165, 1.54) is 42.4 Å². The molecular weight excluding hydrogens is 527 g/mol. The number of thioether (sulfide) groups is 1. The first kappa shape index (κ1) is 26.2. The predicted octanol–water partition coefficient (Wildman–Crippen LogP) is 6.25. The van der Waals surface area contributed by atoms with Crippen LogP contribution in [0.15, 0.2) is 23.4 Å². The van der Waals surface area contributed by atoms with Crippen molar-refractivity contribution in [2.24, 2.45) is 0 Å². The number of benzene rings is 1. The van der Waals surface area contributed by atoms with Crippen molar-refractivity contribution >= 4 is 57.3 Å². The number of carbonyl (C=O) groups is 1. The van der Waals surface area contributed by atoms with Crippen LogP contribution in [0.2, 0.25) is 10.0 Å². The topological polar surface area (TPSA) is 94.8 Å². The van der Waals surface area contributed by atoms with Gasteiger partial charge in [-0.1, -0.05) is 65.6 Å². The molecule has 1 saturated carbocycles. The third-order valence-electron chi connectivity index (χ3n) is 5.78. The summed E-state index contributed by atoms with van der Waals surface area (Å²) in [7, 11) is 0. The second-order valence-corrected chi connectivity index (χ2v) is 11.1. The molecule has 0 radical (unpaired) electrons. The highest BCUT2D eigenvalue weighted by molar-refractivity contribution is 7.99. The fraction of sp³-hybridized carbons (Fsp3) is 0.522. The van der Waals surface area contributed by atoms with Gasteiger partial charge >= 0.3 is 0 Å². The molecule has 8 nitrogen and oxygen atoms in total. The monoisotopic (exact) mass is 554 g/mol. The van der Waals surface area contributed by atoms with E-state index in [0.717, 1.165) is 41.8 Å². The summed E-state index contributed by atoms with van der Waals surface area (Å²) < 4.78 is 7.78. The van der Waals surface area contributed by atoms with E-state index in [1.807, 2.05) is 11.5 Å². The van der Waals surface area contributed by atoms with Crippen LogP contribution in [0.25, 0.3) is 0 Å². The minimum absolute atomic E-state index is 0.123. The highest BCUT2D eigenvalue weighted by Gasteiger charge is 2.20. The average molecular weight is 556 g/mol. The summed E-state index contributed by atoms with van der Waals surface area (Å²) in [4.78, 5) is 12.5. The zero-order chi connectivity index (χ0) is 24.6. The first-order valence-electron chi connectivity index (χ1n) is 11.8. The molecule has 0 unspecified atom stereocenters.